The van der Waals surface area contributed by atoms with E-state index in [1.807, 2.05) is 0 Å². The highest BCUT2D eigenvalue weighted by molar-refractivity contribution is 8.08. The number of carbonyl (C=O) groups excluding carboxylic acids is 1. The average molecular weight is 299 g/mol. The van der Waals surface area contributed by atoms with E-state index in [9.17, 15) is 26.6 Å². The second-order valence-corrected chi connectivity index (χ2v) is 5.89. The molecule has 0 aliphatic carbocycles. The van der Waals surface area contributed by atoms with Crippen molar-refractivity contribution < 1.29 is 26.6 Å². The summed E-state index contributed by atoms with van der Waals surface area (Å²) in [6, 6.07) is 5.57. The van der Waals surface area contributed by atoms with E-state index in [1.165, 1.54) is 24.3 Å². The number of alkyl halides is 4. The van der Waals surface area contributed by atoms with Crippen molar-refractivity contribution in [2.24, 2.45) is 0 Å². The molecule has 3 nitrogen and oxygen atoms in total. The molecule has 0 N–H and O–H groups in total. The van der Waals surface area contributed by atoms with Crippen molar-refractivity contribution in [2.45, 2.75) is 16.6 Å². The molecule has 1 aliphatic rings. The summed E-state index contributed by atoms with van der Waals surface area (Å²) in [6.07, 6.45) is -3.95. The Kier molecular flexibility index (Phi) is 3.37. The minimum Gasteiger partial charge on any atom is -0.267 e. The lowest BCUT2D eigenvalue weighted by molar-refractivity contribution is -0.0575. The zero-order valence-corrected chi connectivity index (χ0v) is 10.1. The molecule has 0 radical (unpaired) electrons. The molecule has 1 aromatic carbocycles. The Morgan fingerprint density at radius 2 is 1.89 bits per heavy atom. The fraction of sp³-hybridized carbons (Fsp3) is 0.222. The smallest absolute Gasteiger partial charge is 0.267 e. The lowest BCUT2D eigenvalue weighted by atomic mass is 10.2. The average Bonchev–Trinajstić information content (AvgIpc) is 2.55. The van der Waals surface area contributed by atoms with Crippen LogP contribution in [-0.2, 0) is 11.0 Å². The minimum absolute atomic E-state index is 0.0200. The predicted molar refractivity (Wildman–Crippen MR) is 57.6 cm³/mol. The molecule has 0 aromatic heterocycles. The lowest BCUT2D eigenvalue weighted by Crippen LogP contribution is -2.30. The van der Waals surface area contributed by atoms with Crippen LogP contribution in [0.1, 0.15) is 10.4 Å². The summed E-state index contributed by atoms with van der Waals surface area (Å²) in [6.45, 7) is 0. The van der Waals surface area contributed by atoms with Crippen molar-refractivity contribution in [2.75, 3.05) is 0 Å². The molecule has 2 rings (SSSR count). The van der Waals surface area contributed by atoms with Crippen LogP contribution in [0.3, 0.4) is 0 Å². The molecule has 98 valence electrons. The third-order valence-corrected chi connectivity index (χ3v) is 4.66. The molecule has 1 aliphatic heterocycles. The van der Waals surface area contributed by atoms with Gasteiger partial charge in [-0.2, -0.15) is 12.5 Å². The van der Waals surface area contributed by atoms with Gasteiger partial charge in [-0.05, 0) is 12.1 Å². The highest BCUT2D eigenvalue weighted by atomic mass is 32.2. The Hall–Kier alpha value is -1.09. The Bertz CT molecular complexity index is 488. The van der Waals surface area contributed by atoms with Gasteiger partial charge in [0.2, 0.25) is 0 Å². The van der Waals surface area contributed by atoms with Crippen LogP contribution in [-0.4, -0.2) is 25.5 Å². The topological polar surface area (TPSA) is 37.4 Å². The Morgan fingerprint density at radius 1 is 1.28 bits per heavy atom. The zero-order valence-electron chi connectivity index (χ0n) is 8.48. The van der Waals surface area contributed by atoms with Crippen molar-refractivity contribution >= 4 is 28.8 Å². The lowest BCUT2D eigenvalue weighted by Gasteiger charge is -2.19. The number of carbonyl (C=O) groups is 1. The second-order valence-electron chi connectivity index (χ2n) is 3.26. The third kappa shape index (κ3) is 2.12. The molecular formula is C9H5F4NO2S2. The maximum atomic E-state index is 12.9. The monoisotopic (exact) mass is 299 g/mol. The molecule has 0 saturated carbocycles. The summed E-state index contributed by atoms with van der Waals surface area (Å²) in [5.74, 6) is -0.964. The number of hydrogen-bond acceptors (Lipinski definition) is 3. The molecule has 18 heavy (non-hydrogen) atoms. The number of hydrogen-bond donors (Lipinski definition) is 0. The second kappa shape index (κ2) is 4.54. The third-order valence-electron chi connectivity index (χ3n) is 2.08. The van der Waals surface area contributed by atoms with Crippen LogP contribution in [0.2, 0.25) is 0 Å². The van der Waals surface area contributed by atoms with Crippen LogP contribution >= 0.6 is 11.9 Å². The standard InChI is InChI=1S/C9H5F4NO2S2/c10-8(11)9(12,13)17-14-7(15)5-3-1-2-4-6(5)18(14)16/h1-4,8H. The van der Waals surface area contributed by atoms with E-state index in [2.05, 4.69) is 0 Å². The van der Waals surface area contributed by atoms with Gasteiger partial charge >= 0.3 is 11.7 Å². The predicted octanol–water partition coefficient (Wildman–Crippen LogP) is 2.67. The first-order chi connectivity index (χ1) is 8.34. The van der Waals surface area contributed by atoms with Crippen LogP contribution in [0.15, 0.2) is 29.2 Å². The van der Waals surface area contributed by atoms with Gasteiger partial charge in [-0.3, -0.25) is 4.79 Å². The summed E-state index contributed by atoms with van der Waals surface area (Å²) in [4.78, 5) is 11.7. The van der Waals surface area contributed by atoms with E-state index < -0.39 is 40.5 Å². The maximum Gasteiger partial charge on any atom is 0.372 e. The number of amides is 1. The highest BCUT2D eigenvalue weighted by Crippen LogP contribution is 2.42. The van der Waals surface area contributed by atoms with Gasteiger partial charge in [0.15, 0.2) is 11.0 Å². The van der Waals surface area contributed by atoms with E-state index in [4.69, 9.17) is 0 Å². The summed E-state index contributed by atoms with van der Waals surface area (Å²) in [5, 5.41) is -4.46. The number of rotatable bonds is 3. The molecule has 1 heterocycles. The largest absolute Gasteiger partial charge is 0.372 e. The number of fused-ring (bicyclic) bond motifs is 1. The first kappa shape index (κ1) is 13.3. The molecular weight excluding hydrogens is 294 g/mol. The molecule has 1 amide bonds. The maximum absolute atomic E-state index is 12.9. The van der Waals surface area contributed by atoms with Gasteiger partial charge in [0.05, 0.1) is 10.5 Å². The molecule has 0 spiro atoms. The van der Waals surface area contributed by atoms with Crippen LogP contribution in [0.5, 0.6) is 0 Å². The summed E-state index contributed by atoms with van der Waals surface area (Å²) >= 11 is -0.709. The van der Waals surface area contributed by atoms with Crippen molar-refractivity contribution in [1.29, 1.82) is 0 Å². The quantitative estimate of drug-likeness (QED) is 0.636. The van der Waals surface area contributed by atoms with Gasteiger partial charge < -0.3 is 0 Å². The highest BCUT2D eigenvalue weighted by Gasteiger charge is 2.49. The van der Waals surface area contributed by atoms with E-state index in [0.29, 0.717) is 0 Å². The first-order valence-electron chi connectivity index (χ1n) is 4.55. The summed E-state index contributed by atoms with van der Waals surface area (Å²) in [7, 11) is -2.20. The molecule has 1 unspecified atom stereocenters. The Balaban J connectivity index is 2.30. The van der Waals surface area contributed by atoms with E-state index in [1.54, 1.807) is 0 Å². The van der Waals surface area contributed by atoms with E-state index in [-0.39, 0.29) is 14.2 Å². The van der Waals surface area contributed by atoms with Crippen LogP contribution in [0.4, 0.5) is 17.6 Å². The fourth-order valence-corrected chi connectivity index (χ4v) is 3.54. The molecule has 1 atom stereocenters. The van der Waals surface area contributed by atoms with Gasteiger partial charge in [0.25, 0.3) is 5.91 Å². The van der Waals surface area contributed by atoms with Gasteiger partial charge in [0.1, 0.15) is 0 Å². The van der Waals surface area contributed by atoms with Crippen LogP contribution in [0, 0.1) is 0 Å². The van der Waals surface area contributed by atoms with Gasteiger partial charge in [-0.1, -0.05) is 12.1 Å². The van der Waals surface area contributed by atoms with E-state index >= 15 is 0 Å². The molecule has 1 aromatic rings. The fourth-order valence-electron chi connectivity index (χ4n) is 1.28. The zero-order chi connectivity index (χ0) is 13.5. The van der Waals surface area contributed by atoms with Crippen molar-refractivity contribution in [3.05, 3.63) is 29.8 Å². The van der Waals surface area contributed by atoms with Gasteiger partial charge in [0, 0.05) is 11.9 Å². The van der Waals surface area contributed by atoms with Crippen molar-refractivity contribution in [3.8, 4) is 0 Å². The Morgan fingerprint density at radius 3 is 2.44 bits per heavy atom. The summed E-state index contributed by atoms with van der Waals surface area (Å²) in [5.41, 5.74) is -0.0200. The van der Waals surface area contributed by atoms with Crippen molar-refractivity contribution in [3.63, 3.8) is 0 Å². The minimum atomic E-state index is -4.46. The molecule has 9 heteroatoms. The summed E-state index contributed by atoms with van der Waals surface area (Å²) < 4.78 is 61.7. The van der Waals surface area contributed by atoms with Crippen molar-refractivity contribution in [1.82, 2.24) is 3.71 Å². The SMILES string of the molecule is O=C1c2ccccc2S(=O)N1SC(F)(F)C(F)F. The molecule has 0 fully saturated rings. The van der Waals surface area contributed by atoms with Crippen LogP contribution in [0.25, 0.3) is 0 Å². The number of nitrogens with zero attached hydrogens (tertiary/aromatic N) is 1. The van der Waals surface area contributed by atoms with E-state index in [0.717, 1.165) is 0 Å². The van der Waals surface area contributed by atoms with Gasteiger partial charge in [-0.25, -0.2) is 13.0 Å². The number of halogens is 4. The molecule has 0 saturated heterocycles. The van der Waals surface area contributed by atoms with Crippen LogP contribution < -0.4 is 0 Å². The van der Waals surface area contributed by atoms with Gasteiger partial charge in [-0.15, -0.1) is 0 Å². The Labute approximate surface area is 106 Å². The normalized spacial score (nSPS) is 19.5. The first-order valence-corrected chi connectivity index (χ1v) is 6.43. The molecule has 0 bridgehead atoms. The number of benzene rings is 1.